The minimum atomic E-state index is -0.503. The number of hydrogen-bond acceptors (Lipinski definition) is 5. The van der Waals surface area contributed by atoms with E-state index < -0.39 is 6.04 Å². The zero-order chi connectivity index (χ0) is 16.9. The van der Waals surface area contributed by atoms with E-state index in [4.69, 9.17) is 0 Å². The van der Waals surface area contributed by atoms with Gasteiger partial charge in [0.1, 0.15) is 6.04 Å². The Kier molecular flexibility index (Phi) is 5.10. The van der Waals surface area contributed by atoms with Crippen LogP contribution >= 0.6 is 11.3 Å². The SMILES string of the molecule is C[C@H](Nc1nc2ccccc2s1)C(=O)NNC(=O)[C@H]1CC=CCC1. The van der Waals surface area contributed by atoms with Crippen molar-refractivity contribution in [3.05, 3.63) is 36.4 Å². The van der Waals surface area contributed by atoms with E-state index in [0.717, 1.165) is 29.5 Å². The zero-order valence-electron chi connectivity index (χ0n) is 13.4. The number of hydrogen-bond donors (Lipinski definition) is 3. The number of hydrazine groups is 1. The van der Waals surface area contributed by atoms with Crippen LogP contribution < -0.4 is 16.2 Å². The summed E-state index contributed by atoms with van der Waals surface area (Å²) in [4.78, 5) is 28.6. The molecule has 1 aromatic carbocycles. The molecule has 2 amide bonds. The van der Waals surface area contributed by atoms with Crippen LogP contribution in [-0.2, 0) is 9.59 Å². The molecule has 0 unspecified atom stereocenters. The molecule has 126 valence electrons. The van der Waals surface area contributed by atoms with Gasteiger partial charge >= 0.3 is 0 Å². The predicted octanol–water partition coefficient (Wildman–Crippen LogP) is 2.60. The largest absolute Gasteiger partial charge is 0.350 e. The van der Waals surface area contributed by atoms with Gasteiger partial charge in [-0.15, -0.1) is 0 Å². The molecule has 1 aromatic heterocycles. The maximum Gasteiger partial charge on any atom is 0.260 e. The number of anilines is 1. The minimum absolute atomic E-state index is 0.0668. The molecule has 1 heterocycles. The molecule has 0 fully saturated rings. The predicted molar refractivity (Wildman–Crippen MR) is 95.5 cm³/mol. The number of nitrogens with one attached hydrogen (secondary N) is 3. The molecule has 1 aliphatic rings. The van der Waals surface area contributed by atoms with Crippen molar-refractivity contribution in [2.75, 3.05) is 5.32 Å². The molecule has 3 rings (SSSR count). The summed E-state index contributed by atoms with van der Waals surface area (Å²) in [7, 11) is 0. The standard InChI is InChI=1S/C17H20N4O2S/c1-11(18-17-19-13-9-5-6-10-14(13)24-17)15(22)20-21-16(23)12-7-3-2-4-8-12/h2-3,5-6,9-12H,4,7-8H2,1H3,(H,18,19)(H,20,22)(H,21,23)/t11-,12-/m0/s1. The lowest BCUT2D eigenvalue weighted by Crippen LogP contribution is -2.49. The summed E-state index contributed by atoms with van der Waals surface area (Å²) in [6.07, 6.45) is 6.53. The van der Waals surface area contributed by atoms with Crippen molar-refractivity contribution in [3.63, 3.8) is 0 Å². The molecule has 0 radical (unpaired) electrons. The third-order valence-corrected chi connectivity index (χ3v) is 4.94. The Hall–Kier alpha value is -2.41. The average molecular weight is 344 g/mol. The molecule has 0 bridgehead atoms. The highest BCUT2D eigenvalue weighted by molar-refractivity contribution is 7.22. The van der Waals surface area contributed by atoms with Crippen molar-refractivity contribution in [2.45, 2.75) is 32.2 Å². The number of aromatic nitrogens is 1. The lowest BCUT2D eigenvalue weighted by atomic mass is 9.94. The van der Waals surface area contributed by atoms with Crippen LogP contribution in [0.1, 0.15) is 26.2 Å². The zero-order valence-corrected chi connectivity index (χ0v) is 14.2. The first kappa shape index (κ1) is 16.4. The van der Waals surface area contributed by atoms with E-state index in [1.807, 2.05) is 30.3 Å². The third kappa shape index (κ3) is 3.91. The second kappa shape index (κ2) is 7.44. The van der Waals surface area contributed by atoms with E-state index in [1.165, 1.54) is 11.3 Å². The van der Waals surface area contributed by atoms with Gasteiger partial charge in [0.25, 0.3) is 5.91 Å². The fourth-order valence-electron chi connectivity index (χ4n) is 2.55. The van der Waals surface area contributed by atoms with Crippen molar-refractivity contribution < 1.29 is 9.59 Å². The molecule has 7 heteroatoms. The van der Waals surface area contributed by atoms with Crippen LogP contribution in [0.3, 0.4) is 0 Å². The second-order valence-corrected chi connectivity index (χ2v) is 6.84. The van der Waals surface area contributed by atoms with E-state index in [0.29, 0.717) is 5.13 Å². The summed E-state index contributed by atoms with van der Waals surface area (Å²) in [5, 5.41) is 3.75. The first-order chi connectivity index (χ1) is 11.6. The molecule has 0 aliphatic heterocycles. The Morgan fingerprint density at radius 1 is 1.25 bits per heavy atom. The number of nitrogens with zero attached hydrogens (tertiary/aromatic N) is 1. The third-order valence-electron chi connectivity index (χ3n) is 3.98. The topological polar surface area (TPSA) is 83.1 Å². The summed E-state index contributed by atoms with van der Waals surface area (Å²) in [6.45, 7) is 1.73. The molecular weight excluding hydrogens is 324 g/mol. The van der Waals surface area contributed by atoms with Gasteiger partial charge < -0.3 is 5.32 Å². The molecule has 24 heavy (non-hydrogen) atoms. The first-order valence-electron chi connectivity index (χ1n) is 8.00. The quantitative estimate of drug-likeness (QED) is 0.588. The van der Waals surface area contributed by atoms with Crippen molar-refractivity contribution >= 4 is 38.5 Å². The van der Waals surface area contributed by atoms with Crippen molar-refractivity contribution in [3.8, 4) is 0 Å². The highest BCUT2D eigenvalue weighted by Gasteiger charge is 2.20. The number of benzene rings is 1. The molecule has 2 aromatic rings. The summed E-state index contributed by atoms with van der Waals surface area (Å²) in [5.74, 6) is -0.503. The molecule has 0 spiro atoms. The van der Waals surface area contributed by atoms with Crippen LogP contribution in [-0.4, -0.2) is 22.8 Å². The fourth-order valence-corrected chi connectivity index (χ4v) is 3.50. The van der Waals surface area contributed by atoms with Gasteiger partial charge in [0.05, 0.1) is 10.2 Å². The number of carbonyl (C=O) groups is 2. The van der Waals surface area contributed by atoms with Crippen LogP contribution in [0.25, 0.3) is 10.2 Å². The smallest absolute Gasteiger partial charge is 0.260 e. The number of carbonyl (C=O) groups excluding carboxylic acids is 2. The van der Waals surface area contributed by atoms with Gasteiger partial charge in [-0.25, -0.2) is 4.98 Å². The van der Waals surface area contributed by atoms with Gasteiger partial charge in [0.15, 0.2) is 5.13 Å². The molecule has 0 saturated heterocycles. The van der Waals surface area contributed by atoms with E-state index >= 15 is 0 Å². The summed E-state index contributed by atoms with van der Waals surface area (Å²) >= 11 is 1.49. The molecule has 3 N–H and O–H groups in total. The Morgan fingerprint density at radius 2 is 2.08 bits per heavy atom. The molecule has 1 aliphatic carbocycles. The Morgan fingerprint density at radius 3 is 2.83 bits per heavy atom. The molecule has 2 atom stereocenters. The molecule has 6 nitrogen and oxygen atoms in total. The summed E-state index contributed by atoms with van der Waals surface area (Å²) in [6, 6.07) is 7.30. The van der Waals surface area contributed by atoms with Crippen LogP contribution in [0, 0.1) is 5.92 Å². The van der Waals surface area contributed by atoms with Crippen molar-refractivity contribution in [1.29, 1.82) is 0 Å². The summed E-state index contributed by atoms with van der Waals surface area (Å²) in [5.41, 5.74) is 5.90. The number of para-hydroxylation sites is 1. The Balaban J connectivity index is 1.51. The van der Waals surface area contributed by atoms with Gasteiger partial charge in [-0.05, 0) is 38.3 Å². The number of fused-ring (bicyclic) bond motifs is 1. The highest BCUT2D eigenvalue weighted by Crippen LogP contribution is 2.25. The van der Waals surface area contributed by atoms with Crippen molar-refractivity contribution in [2.24, 2.45) is 5.92 Å². The van der Waals surface area contributed by atoms with Crippen LogP contribution in [0.4, 0.5) is 5.13 Å². The van der Waals surface area contributed by atoms with Crippen LogP contribution in [0.2, 0.25) is 0 Å². The first-order valence-corrected chi connectivity index (χ1v) is 8.82. The van der Waals surface area contributed by atoms with E-state index in [9.17, 15) is 9.59 Å². The monoisotopic (exact) mass is 344 g/mol. The molecular formula is C17H20N4O2S. The van der Waals surface area contributed by atoms with Gasteiger partial charge in [-0.3, -0.25) is 20.4 Å². The van der Waals surface area contributed by atoms with Gasteiger partial charge in [-0.2, -0.15) is 0 Å². The minimum Gasteiger partial charge on any atom is -0.350 e. The maximum absolute atomic E-state index is 12.1. The van der Waals surface area contributed by atoms with E-state index in [1.54, 1.807) is 6.92 Å². The van der Waals surface area contributed by atoms with Crippen LogP contribution in [0.5, 0.6) is 0 Å². The Bertz CT molecular complexity index is 738. The number of thiazole rings is 1. The summed E-state index contributed by atoms with van der Waals surface area (Å²) < 4.78 is 1.06. The second-order valence-electron chi connectivity index (χ2n) is 5.81. The van der Waals surface area contributed by atoms with Gasteiger partial charge in [-0.1, -0.05) is 35.6 Å². The average Bonchev–Trinajstić information content (AvgIpc) is 3.02. The number of amides is 2. The normalized spacial score (nSPS) is 18.1. The van der Waals surface area contributed by atoms with Crippen LogP contribution in [0.15, 0.2) is 36.4 Å². The Labute approximate surface area is 144 Å². The van der Waals surface area contributed by atoms with Gasteiger partial charge in [0, 0.05) is 5.92 Å². The molecule has 0 saturated carbocycles. The highest BCUT2D eigenvalue weighted by atomic mass is 32.1. The lowest BCUT2D eigenvalue weighted by Gasteiger charge is -2.19. The maximum atomic E-state index is 12.1. The number of rotatable bonds is 4. The van der Waals surface area contributed by atoms with E-state index in [-0.39, 0.29) is 17.7 Å². The fraction of sp³-hybridized carbons (Fsp3) is 0.353. The van der Waals surface area contributed by atoms with E-state index in [2.05, 4.69) is 27.2 Å². The lowest BCUT2D eigenvalue weighted by molar-refractivity contribution is -0.131. The number of allylic oxidation sites excluding steroid dienone is 2. The van der Waals surface area contributed by atoms with Crippen molar-refractivity contribution in [1.82, 2.24) is 15.8 Å². The van der Waals surface area contributed by atoms with Gasteiger partial charge in [0.2, 0.25) is 5.91 Å².